The molecule has 0 fully saturated rings. The SMILES string of the molecule is CCC/C=C/CC(C(=O)OCC)[N+](=O)[O-]. The van der Waals surface area contributed by atoms with E-state index >= 15 is 0 Å². The Hall–Kier alpha value is -1.39. The monoisotopic (exact) mass is 215 g/mol. The fourth-order valence-electron chi connectivity index (χ4n) is 1.02. The molecule has 0 bridgehead atoms. The van der Waals surface area contributed by atoms with Crippen molar-refractivity contribution in [2.24, 2.45) is 0 Å². The number of rotatable bonds is 7. The van der Waals surface area contributed by atoms with E-state index in [1.807, 2.05) is 13.0 Å². The Morgan fingerprint density at radius 2 is 2.13 bits per heavy atom. The van der Waals surface area contributed by atoms with Gasteiger partial charge in [0.2, 0.25) is 0 Å². The lowest BCUT2D eigenvalue weighted by molar-refractivity contribution is -0.509. The summed E-state index contributed by atoms with van der Waals surface area (Å²) in [5.41, 5.74) is 0. The van der Waals surface area contributed by atoms with E-state index in [1.165, 1.54) is 0 Å². The minimum absolute atomic E-state index is 0.103. The molecule has 1 atom stereocenters. The lowest BCUT2D eigenvalue weighted by Gasteiger charge is -2.05. The van der Waals surface area contributed by atoms with Gasteiger partial charge in [0, 0.05) is 11.3 Å². The summed E-state index contributed by atoms with van der Waals surface area (Å²) in [6.45, 7) is 3.81. The molecule has 0 saturated carbocycles. The first-order valence-corrected chi connectivity index (χ1v) is 5.08. The molecular formula is C10H17NO4. The summed E-state index contributed by atoms with van der Waals surface area (Å²) in [5.74, 6) is -0.761. The zero-order valence-corrected chi connectivity index (χ0v) is 9.14. The largest absolute Gasteiger partial charge is 0.461 e. The molecule has 15 heavy (non-hydrogen) atoms. The molecule has 0 aliphatic carbocycles. The lowest BCUT2D eigenvalue weighted by atomic mass is 10.2. The molecule has 5 nitrogen and oxygen atoms in total. The van der Waals surface area contributed by atoms with Crippen LogP contribution in [0.5, 0.6) is 0 Å². The van der Waals surface area contributed by atoms with E-state index in [1.54, 1.807) is 13.0 Å². The molecular weight excluding hydrogens is 198 g/mol. The second-order valence-electron chi connectivity index (χ2n) is 3.05. The maximum atomic E-state index is 11.2. The Bertz CT molecular complexity index is 238. The van der Waals surface area contributed by atoms with E-state index in [2.05, 4.69) is 4.74 Å². The Balaban J connectivity index is 4.16. The minimum atomic E-state index is -1.27. The standard InChI is InChI=1S/C10H17NO4/c1-3-5-6-7-8-9(11(13)14)10(12)15-4-2/h6-7,9H,3-5,8H2,1-2H3/b7-6+. The van der Waals surface area contributed by atoms with Crippen LogP contribution in [0.25, 0.3) is 0 Å². The van der Waals surface area contributed by atoms with Gasteiger partial charge in [-0.15, -0.1) is 0 Å². The molecule has 0 spiro atoms. The first-order valence-electron chi connectivity index (χ1n) is 5.08. The molecule has 0 aromatic carbocycles. The van der Waals surface area contributed by atoms with Gasteiger partial charge in [0.1, 0.15) is 0 Å². The van der Waals surface area contributed by atoms with Crippen LogP contribution in [0, 0.1) is 10.1 Å². The van der Waals surface area contributed by atoms with Crippen molar-refractivity contribution >= 4 is 5.97 Å². The van der Waals surface area contributed by atoms with Crippen molar-refractivity contribution in [3.8, 4) is 0 Å². The van der Waals surface area contributed by atoms with Crippen molar-refractivity contribution in [2.45, 2.75) is 39.2 Å². The van der Waals surface area contributed by atoms with Gasteiger partial charge in [-0.1, -0.05) is 25.5 Å². The Morgan fingerprint density at radius 3 is 2.60 bits per heavy atom. The number of nitro groups is 1. The van der Waals surface area contributed by atoms with Gasteiger partial charge < -0.3 is 4.74 Å². The number of allylic oxidation sites excluding steroid dienone is 1. The van der Waals surface area contributed by atoms with Crippen LogP contribution in [0.1, 0.15) is 33.1 Å². The van der Waals surface area contributed by atoms with Crippen LogP contribution in [0.2, 0.25) is 0 Å². The lowest BCUT2D eigenvalue weighted by Crippen LogP contribution is -2.30. The molecule has 0 radical (unpaired) electrons. The van der Waals surface area contributed by atoms with Gasteiger partial charge in [0.05, 0.1) is 6.61 Å². The molecule has 0 heterocycles. The van der Waals surface area contributed by atoms with E-state index < -0.39 is 16.9 Å². The number of carbonyl (C=O) groups is 1. The highest BCUT2D eigenvalue weighted by molar-refractivity contribution is 5.74. The first kappa shape index (κ1) is 13.6. The van der Waals surface area contributed by atoms with E-state index in [0.29, 0.717) is 0 Å². The van der Waals surface area contributed by atoms with E-state index in [0.717, 1.165) is 12.8 Å². The van der Waals surface area contributed by atoms with E-state index in [4.69, 9.17) is 0 Å². The molecule has 0 rings (SSSR count). The summed E-state index contributed by atoms with van der Waals surface area (Å²) in [7, 11) is 0. The highest BCUT2D eigenvalue weighted by Crippen LogP contribution is 2.03. The summed E-state index contributed by atoms with van der Waals surface area (Å²) in [4.78, 5) is 21.1. The number of hydrogen-bond donors (Lipinski definition) is 0. The maximum Gasteiger partial charge on any atom is 0.381 e. The fraction of sp³-hybridized carbons (Fsp3) is 0.700. The highest BCUT2D eigenvalue weighted by Gasteiger charge is 2.29. The van der Waals surface area contributed by atoms with Gasteiger partial charge in [-0.05, 0) is 13.3 Å². The number of carbonyl (C=O) groups excluding carboxylic acids is 1. The third kappa shape index (κ3) is 5.83. The second kappa shape index (κ2) is 7.96. The van der Waals surface area contributed by atoms with Crippen molar-refractivity contribution in [1.29, 1.82) is 0 Å². The summed E-state index contributed by atoms with van der Waals surface area (Å²) < 4.78 is 4.61. The normalized spacial score (nSPS) is 12.7. The van der Waals surface area contributed by atoms with Gasteiger partial charge >= 0.3 is 12.0 Å². The smallest absolute Gasteiger partial charge is 0.381 e. The number of hydrogen-bond acceptors (Lipinski definition) is 4. The molecule has 5 heteroatoms. The van der Waals surface area contributed by atoms with Crippen LogP contribution >= 0.6 is 0 Å². The van der Waals surface area contributed by atoms with Crippen molar-refractivity contribution in [3.63, 3.8) is 0 Å². The number of unbranched alkanes of at least 4 members (excludes halogenated alkanes) is 1. The third-order valence-corrected chi connectivity index (χ3v) is 1.79. The van der Waals surface area contributed by atoms with E-state index in [9.17, 15) is 14.9 Å². The van der Waals surface area contributed by atoms with Crippen molar-refractivity contribution in [2.75, 3.05) is 6.61 Å². The Morgan fingerprint density at radius 1 is 1.47 bits per heavy atom. The van der Waals surface area contributed by atoms with Crippen LogP contribution in [0.4, 0.5) is 0 Å². The molecule has 0 aliphatic rings. The predicted octanol–water partition coefficient (Wildman–Crippen LogP) is 1.94. The zero-order chi connectivity index (χ0) is 11.7. The molecule has 0 amide bonds. The fourth-order valence-corrected chi connectivity index (χ4v) is 1.02. The average Bonchev–Trinajstić information content (AvgIpc) is 2.17. The van der Waals surface area contributed by atoms with Crippen LogP contribution in [0.15, 0.2) is 12.2 Å². The zero-order valence-electron chi connectivity index (χ0n) is 9.14. The molecule has 86 valence electrons. The molecule has 0 N–H and O–H groups in total. The molecule has 0 saturated heterocycles. The van der Waals surface area contributed by atoms with Crippen LogP contribution in [-0.4, -0.2) is 23.5 Å². The number of esters is 1. The van der Waals surface area contributed by atoms with Crippen molar-refractivity contribution in [3.05, 3.63) is 22.3 Å². The van der Waals surface area contributed by atoms with Crippen LogP contribution < -0.4 is 0 Å². The number of ether oxygens (including phenoxy) is 1. The number of nitrogens with zero attached hydrogens (tertiary/aromatic N) is 1. The van der Waals surface area contributed by atoms with E-state index in [-0.39, 0.29) is 13.0 Å². The van der Waals surface area contributed by atoms with Crippen molar-refractivity contribution in [1.82, 2.24) is 0 Å². The van der Waals surface area contributed by atoms with Gasteiger partial charge in [0.15, 0.2) is 0 Å². The predicted molar refractivity (Wildman–Crippen MR) is 56.1 cm³/mol. The Kier molecular flexibility index (Phi) is 7.23. The second-order valence-corrected chi connectivity index (χ2v) is 3.05. The minimum Gasteiger partial charge on any atom is -0.461 e. The van der Waals surface area contributed by atoms with Gasteiger partial charge in [-0.25, -0.2) is 4.79 Å². The van der Waals surface area contributed by atoms with Gasteiger partial charge in [-0.3, -0.25) is 10.1 Å². The molecule has 0 aromatic rings. The summed E-state index contributed by atoms with van der Waals surface area (Å²) >= 11 is 0. The topological polar surface area (TPSA) is 69.4 Å². The Labute approximate surface area is 89.3 Å². The summed E-state index contributed by atoms with van der Waals surface area (Å²) in [6.07, 6.45) is 5.46. The van der Waals surface area contributed by atoms with Crippen molar-refractivity contribution < 1.29 is 14.5 Å². The molecule has 1 unspecified atom stereocenters. The first-order chi connectivity index (χ1) is 7.13. The summed E-state index contributed by atoms with van der Waals surface area (Å²) in [5, 5.41) is 10.6. The van der Waals surface area contributed by atoms with Crippen LogP contribution in [0.3, 0.4) is 0 Å². The average molecular weight is 215 g/mol. The summed E-state index contributed by atoms with van der Waals surface area (Å²) in [6, 6.07) is -1.27. The van der Waals surface area contributed by atoms with Gasteiger partial charge in [-0.2, -0.15) is 0 Å². The van der Waals surface area contributed by atoms with Crippen LogP contribution in [-0.2, 0) is 9.53 Å². The third-order valence-electron chi connectivity index (χ3n) is 1.79. The maximum absolute atomic E-state index is 11.2. The quantitative estimate of drug-likeness (QED) is 0.281. The molecule has 0 aromatic heterocycles. The van der Waals surface area contributed by atoms with Gasteiger partial charge in [0.25, 0.3) is 0 Å². The highest BCUT2D eigenvalue weighted by atomic mass is 16.6. The molecule has 0 aliphatic heterocycles.